The molecule has 0 saturated carbocycles. The van der Waals surface area contributed by atoms with Gasteiger partial charge in [0, 0.05) is 22.6 Å². The van der Waals surface area contributed by atoms with Gasteiger partial charge in [0.25, 0.3) is 5.91 Å². The fraction of sp³-hybridized carbons (Fsp3) is 0.278. The molecule has 1 fully saturated rings. The van der Waals surface area contributed by atoms with Crippen LogP contribution in [0.2, 0.25) is 15.1 Å². The third-order valence-electron chi connectivity index (χ3n) is 4.34. The van der Waals surface area contributed by atoms with Crippen LogP contribution in [0, 0.1) is 0 Å². The largest absolute Gasteiger partial charge is 0.330 e. The standard InChI is InChI=1S/C18H16Cl3NO3S/c19-13-3-1-12(2-4-13)10-22(15-7-8-26(24,25)11-15)18(23)16-6-5-14(20)9-17(16)21/h1-6,9,15H,7-8,10-11H2/t15-/m0/s1. The van der Waals surface area contributed by atoms with Gasteiger partial charge in [-0.1, -0.05) is 46.9 Å². The monoisotopic (exact) mass is 431 g/mol. The molecule has 138 valence electrons. The summed E-state index contributed by atoms with van der Waals surface area (Å²) in [4.78, 5) is 14.7. The smallest absolute Gasteiger partial charge is 0.255 e. The molecule has 1 aliphatic rings. The highest BCUT2D eigenvalue weighted by molar-refractivity contribution is 7.91. The van der Waals surface area contributed by atoms with Crippen LogP contribution in [0.1, 0.15) is 22.3 Å². The van der Waals surface area contributed by atoms with Crippen LogP contribution in [0.3, 0.4) is 0 Å². The average Bonchev–Trinajstić information content (AvgIpc) is 2.93. The Labute approximate surface area is 167 Å². The van der Waals surface area contributed by atoms with E-state index >= 15 is 0 Å². The maximum Gasteiger partial charge on any atom is 0.255 e. The van der Waals surface area contributed by atoms with Crippen molar-refractivity contribution in [2.75, 3.05) is 11.5 Å². The normalized spacial score (nSPS) is 18.7. The molecular weight excluding hydrogens is 417 g/mol. The number of rotatable bonds is 4. The molecule has 0 unspecified atom stereocenters. The van der Waals surface area contributed by atoms with Crippen molar-refractivity contribution in [3.8, 4) is 0 Å². The van der Waals surface area contributed by atoms with Crippen LogP contribution in [0.15, 0.2) is 42.5 Å². The number of hydrogen-bond donors (Lipinski definition) is 0. The minimum absolute atomic E-state index is 0.0441. The van der Waals surface area contributed by atoms with Gasteiger partial charge in [0.05, 0.1) is 22.1 Å². The second kappa shape index (κ2) is 7.77. The lowest BCUT2D eigenvalue weighted by Crippen LogP contribution is -2.40. The Morgan fingerprint density at radius 1 is 1.04 bits per heavy atom. The van der Waals surface area contributed by atoms with Gasteiger partial charge in [-0.15, -0.1) is 0 Å². The lowest BCUT2D eigenvalue weighted by molar-refractivity contribution is 0.0681. The molecule has 4 nitrogen and oxygen atoms in total. The number of hydrogen-bond acceptors (Lipinski definition) is 3. The zero-order valence-electron chi connectivity index (χ0n) is 13.7. The van der Waals surface area contributed by atoms with Crippen LogP contribution in [0.5, 0.6) is 0 Å². The van der Waals surface area contributed by atoms with Crippen LogP contribution in [-0.4, -0.2) is 36.8 Å². The van der Waals surface area contributed by atoms with E-state index in [9.17, 15) is 13.2 Å². The Hall–Kier alpha value is -1.27. The first-order chi connectivity index (χ1) is 12.2. The van der Waals surface area contributed by atoms with Gasteiger partial charge < -0.3 is 4.90 Å². The lowest BCUT2D eigenvalue weighted by Gasteiger charge is -2.29. The number of sulfone groups is 1. The first-order valence-corrected chi connectivity index (χ1v) is 10.9. The first-order valence-electron chi connectivity index (χ1n) is 7.96. The molecule has 1 amide bonds. The van der Waals surface area contributed by atoms with E-state index in [0.29, 0.717) is 22.0 Å². The molecule has 1 aliphatic heterocycles. The summed E-state index contributed by atoms with van der Waals surface area (Å²) < 4.78 is 23.8. The molecule has 1 saturated heterocycles. The van der Waals surface area contributed by atoms with E-state index in [1.54, 1.807) is 29.2 Å². The van der Waals surface area contributed by atoms with Gasteiger partial charge in [0.2, 0.25) is 0 Å². The summed E-state index contributed by atoms with van der Waals surface area (Å²) in [7, 11) is -3.14. The minimum atomic E-state index is -3.14. The Balaban J connectivity index is 1.94. The van der Waals surface area contributed by atoms with Gasteiger partial charge >= 0.3 is 0 Å². The number of benzene rings is 2. The number of carbonyl (C=O) groups is 1. The predicted octanol–water partition coefficient (Wildman–Crippen LogP) is 4.48. The van der Waals surface area contributed by atoms with Crippen molar-refractivity contribution >= 4 is 50.5 Å². The molecule has 2 aromatic carbocycles. The van der Waals surface area contributed by atoms with E-state index in [2.05, 4.69) is 0 Å². The molecular formula is C18H16Cl3NO3S. The summed E-state index contributed by atoms with van der Waals surface area (Å²) in [6, 6.07) is 11.4. The summed E-state index contributed by atoms with van der Waals surface area (Å²) in [6.07, 6.45) is 0.410. The maximum atomic E-state index is 13.1. The summed E-state index contributed by atoms with van der Waals surface area (Å²) in [5.41, 5.74) is 1.16. The Bertz CT molecular complexity index is 929. The molecule has 0 aromatic heterocycles. The summed E-state index contributed by atoms with van der Waals surface area (Å²) in [6.45, 7) is 0.273. The molecule has 2 aromatic rings. The highest BCUT2D eigenvalue weighted by atomic mass is 35.5. The number of nitrogens with zero attached hydrogens (tertiary/aromatic N) is 1. The van der Waals surface area contributed by atoms with Crippen molar-refractivity contribution in [2.45, 2.75) is 19.0 Å². The van der Waals surface area contributed by atoms with E-state index in [4.69, 9.17) is 34.8 Å². The van der Waals surface area contributed by atoms with E-state index in [-0.39, 0.29) is 29.0 Å². The number of amides is 1. The zero-order valence-corrected chi connectivity index (χ0v) is 16.7. The van der Waals surface area contributed by atoms with Crippen LogP contribution in [0.4, 0.5) is 0 Å². The van der Waals surface area contributed by atoms with Gasteiger partial charge in [-0.3, -0.25) is 4.79 Å². The summed E-state index contributed by atoms with van der Waals surface area (Å²) >= 11 is 18.0. The molecule has 0 radical (unpaired) electrons. The molecule has 0 aliphatic carbocycles. The molecule has 26 heavy (non-hydrogen) atoms. The number of halogens is 3. The van der Waals surface area contributed by atoms with E-state index < -0.39 is 15.9 Å². The highest BCUT2D eigenvalue weighted by Gasteiger charge is 2.35. The van der Waals surface area contributed by atoms with Gasteiger partial charge in [-0.25, -0.2) is 8.42 Å². The SMILES string of the molecule is O=C(c1ccc(Cl)cc1Cl)N(Cc1ccc(Cl)cc1)[C@H]1CCS(=O)(=O)C1. The third-order valence-corrected chi connectivity index (χ3v) is 6.89. The molecule has 0 N–H and O–H groups in total. The van der Waals surface area contributed by atoms with Crippen LogP contribution in [0.25, 0.3) is 0 Å². The minimum Gasteiger partial charge on any atom is -0.330 e. The quantitative estimate of drug-likeness (QED) is 0.716. The summed E-state index contributed by atoms with van der Waals surface area (Å²) in [5, 5.41) is 1.26. The topological polar surface area (TPSA) is 54.5 Å². The molecule has 0 spiro atoms. The Morgan fingerprint density at radius 2 is 1.69 bits per heavy atom. The Morgan fingerprint density at radius 3 is 2.27 bits per heavy atom. The van der Waals surface area contributed by atoms with Crippen molar-refractivity contribution in [1.29, 1.82) is 0 Å². The van der Waals surface area contributed by atoms with Crippen LogP contribution >= 0.6 is 34.8 Å². The second-order valence-corrected chi connectivity index (χ2v) is 9.75. The van der Waals surface area contributed by atoms with Crippen molar-refractivity contribution in [3.05, 3.63) is 68.7 Å². The van der Waals surface area contributed by atoms with Crippen molar-refractivity contribution in [1.82, 2.24) is 4.90 Å². The average molecular weight is 433 g/mol. The fourth-order valence-corrected chi connectivity index (χ4v) is 5.34. The maximum absolute atomic E-state index is 13.1. The van der Waals surface area contributed by atoms with Gasteiger partial charge in [-0.05, 0) is 42.3 Å². The highest BCUT2D eigenvalue weighted by Crippen LogP contribution is 2.27. The second-order valence-electron chi connectivity index (χ2n) is 6.24. The fourth-order valence-electron chi connectivity index (χ4n) is 2.99. The molecule has 3 rings (SSSR count). The molecule has 1 heterocycles. The first kappa shape index (κ1) is 19.5. The molecule has 0 bridgehead atoms. The van der Waals surface area contributed by atoms with Crippen molar-refractivity contribution in [3.63, 3.8) is 0 Å². The van der Waals surface area contributed by atoms with Crippen molar-refractivity contribution in [2.24, 2.45) is 0 Å². The van der Waals surface area contributed by atoms with Gasteiger partial charge in [0.15, 0.2) is 9.84 Å². The van der Waals surface area contributed by atoms with Crippen LogP contribution in [-0.2, 0) is 16.4 Å². The van der Waals surface area contributed by atoms with Gasteiger partial charge in [0.1, 0.15) is 0 Å². The Kier molecular flexibility index (Phi) is 5.82. The third kappa shape index (κ3) is 4.52. The van der Waals surface area contributed by atoms with E-state index in [0.717, 1.165) is 5.56 Å². The zero-order chi connectivity index (χ0) is 18.9. The molecule has 8 heteroatoms. The van der Waals surface area contributed by atoms with Crippen molar-refractivity contribution < 1.29 is 13.2 Å². The lowest BCUT2D eigenvalue weighted by atomic mass is 10.1. The van der Waals surface area contributed by atoms with Crippen LogP contribution < -0.4 is 0 Å². The predicted molar refractivity (Wildman–Crippen MR) is 105 cm³/mol. The van der Waals surface area contributed by atoms with E-state index in [1.807, 2.05) is 12.1 Å². The summed E-state index contributed by atoms with van der Waals surface area (Å²) in [5.74, 6) is -0.280. The molecule has 1 atom stereocenters. The van der Waals surface area contributed by atoms with Gasteiger partial charge in [-0.2, -0.15) is 0 Å². The van der Waals surface area contributed by atoms with E-state index in [1.165, 1.54) is 6.07 Å². The number of carbonyl (C=O) groups excluding carboxylic acids is 1.